The molecule has 0 aromatic carbocycles. The summed E-state index contributed by atoms with van der Waals surface area (Å²) in [5.74, 6) is 0. The van der Waals surface area contributed by atoms with Crippen LogP contribution in [-0.2, 0) is 23.8 Å². The molecule has 20 heavy (non-hydrogen) atoms. The summed E-state index contributed by atoms with van der Waals surface area (Å²) in [6.07, 6.45) is 0.653. The lowest BCUT2D eigenvalue weighted by Crippen LogP contribution is -2.35. The molecule has 0 aromatic rings. The molecule has 0 spiro atoms. The van der Waals surface area contributed by atoms with Crippen molar-refractivity contribution in [2.75, 3.05) is 52.7 Å². The van der Waals surface area contributed by atoms with E-state index in [1.54, 1.807) is 0 Å². The van der Waals surface area contributed by atoms with Gasteiger partial charge in [-0.2, -0.15) is 0 Å². The van der Waals surface area contributed by atoms with Gasteiger partial charge in [0.05, 0.1) is 51.8 Å². The lowest BCUT2D eigenvalue weighted by Gasteiger charge is -2.26. The molecule has 0 heterocycles. The SMILES string of the molecule is CC(C)(C)ON(C=O)CCOCCOCCOCCN. The van der Waals surface area contributed by atoms with Gasteiger partial charge in [-0.1, -0.05) is 0 Å². The highest BCUT2D eigenvalue weighted by molar-refractivity contribution is 5.44. The van der Waals surface area contributed by atoms with Crippen molar-refractivity contribution in [3.8, 4) is 0 Å². The fourth-order valence-electron chi connectivity index (χ4n) is 1.25. The highest BCUT2D eigenvalue weighted by Crippen LogP contribution is 2.08. The van der Waals surface area contributed by atoms with E-state index < -0.39 is 5.60 Å². The van der Waals surface area contributed by atoms with Gasteiger partial charge < -0.3 is 19.9 Å². The number of hydrogen-bond acceptors (Lipinski definition) is 6. The first kappa shape index (κ1) is 19.3. The largest absolute Gasteiger partial charge is 0.378 e. The van der Waals surface area contributed by atoms with Crippen LogP contribution in [0, 0.1) is 0 Å². The zero-order chi connectivity index (χ0) is 15.3. The molecule has 0 aliphatic carbocycles. The molecular formula is C13H28N2O5. The molecule has 0 unspecified atom stereocenters. The van der Waals surface area contributed by atoms with Gasteiger partial charge >= 0.3 is 0 Å². The smallest absolute Gasteiger partial charge is 0.233 e. The molecule has 0 bridgehead atoms. The molecule has 0 atom stereocenters. The average molecular weight is 292 g/mol. The van der Waals surface area contributed by atoms with Crippen LogP contribution in [0.25, 0.3) is 0 Å². The molecule has 0 aliphatic rings. The molecule has 0 aromatic heterocycles. The Labute approximate surface area is 121 Å². The third kappa shape index (κ3) is 13.7. The van der Waals surface area contributed by atoms with Gasteiger partial charge in [0.2, 0.25) is 6.41 Å². The highest BCUT2D eigenvalue weighted by Gasteiger charge is 2.15. The second-order valence-electron chi connectivity index (χ2n) is 5.08. The predicted octanol–water partition coefficient (Wildman–Crippen LogP) is 0.183. The lowest BCUT2D eigenvalue weighted by molar-refractivity contribution is -0.219. The average Bonchev–Trinajstić information content (AvgIpc) is 2.38. The normalized spacial score (nSPS) is 11.6. The Hall–Kier alpha value is -0.730. The van der Waals surface area contributed by atoms with E-state index in [0.29, 0.717) is 59.1 Å². The number of nitrogens with two attached hydrogens (primary N) is 1. The highest BCUT2D eigenvalue weighted by atomic mass is 16.7. The van der Waals surface area contributed by atoms with Crippen LogP contribution < -0.4 is 5.73 Å². The first-order chi connectivity index (χ1) is 9.49. The van der Waals surface area contributed by atoms with Crippen molar-refractivity contribution in [3.05, 3.63) is 0 Å². The van der Waals surface area contributed by atoms with Gasteiger partial charge in [0.15, 0.2) is 0 Å². The maximum absolute atomic E-state index is 10.8. The molecule has 0 rings (SSSR count). The van der Waals surface area contributed by atoms with Crippen LogP contribution in [0.5, 0.6) is 0 Å². The Balaban J connectivity index is 3.36. The molecule has 120 valence electrons. The number of ether oxygens (including phenoxy) is 3. The Morgan fingerprint density at radius 2 is 1.45 bits per heavy atom. The summed E-state index contributed by atoms with van der Waals surface area (Å²) in [7, 11) is 0. The Bertz CT molecular complexity index is 233. The van der Waals surface area contributed by atoms with Crippen molar-refractivity contribution in [2.24, 2.45) is 5.73 Å². The van der Waals surface area contributed by atoms with E-state index in [4.69, 9.17) is 24.8 Å². The van der Waals surface area contributed by atoms with Gasteiger partial charge in [0, 0.05) is 6.54 Å². The third-order valence-corrected chi connectivity index (χ3v) is 1.97. The van der Waals surface area contributed by atoms with Crippen LogP contribution in [0.2, 0.25) is 0 Å². The monoisotopic (exact) mass is 292 g/mol. The second kappa shape index (κ2) is 12.0. The van der Waals surface area contributed by atoms with E-state index in [2.05, 4.69) is 0 Å². The lowest BCUT2D eigenvalue weighted by atomic mass is 10.2. The molecule has 2 N–H and O–H groups in total. The van der Waals surface area contributed by atoms with E-state index in [1.165, 1.54) is 5.06 Å². The van der Waals surface area contributed by atoms with Crippen molar-refractivity contribution >= 4 is 6.41 Å². The molecule has 0 fully saturated rings. The van der Waals surface area contributed by atoms with Crippen molar-refractivity contribution < 1.29 is 23.8 Å². The predicted molar refractivity (Wildman–Crippen MR) is 75.1 cm³/mol. The number of amides is 1. The first-order valence-corrected chi connectivity index (χ1v) is 6.84. The minimum absolute atomic E-state index is 0.389. The molecule has 7 nitrogen and oxygen atoms in total. The molecule has 0 aliphatic heterocycles. The zero-order valence-corrected chi connectivity index (χ0v) is 12.8. The Kier molecular flexibility index (Phi) is 11.6. The van der Waals surface area contributed by atoms with E-state index in [0.717, 1.165) is 0 Å². The first-order valence-electron chi connectivity index (χ1n) is 6.84. The fraction of sp³-hybridized carbons (Fsp3) is 0.923. The number of hydrogen-bond donors (Lipinski definition) is 1. The van der Waals surface area contributed by atoms with Crippen LogP contribution >= 0.6 is 0 Å². The van der Waals surface area contributed by atoms with Crippen LogP contribution in [0.15, 0.2) is 0 Å². The minimum atomic E-state index is -0.395. The van der Waals surface area contributed by atoms with Crippen LogP contribution in [0.1, 0.15) is 20.8 Å². The Morgan fingerprint density at radius 1 is 0.950 bits per heavy atom. The Morgan fingerprint density at radius 3 is 1.90 bits per heavy atom. The topological polar surface area (TPSA) is 83.2 Å². The molecule has 0 saturated carbocycles. The molecule has 0 saturated heterocycles. The number of rotatable bonds is 13. The summed E-state index contributed by atoms with van der Waals surface area (Å²) in [5, 5.41) is 1.24. The summed E-state index contributed by atoms with van der Waals surface area (Å²) >= 11 is 0. The van der Waals surface area contributed by atoms with Gasteiger partial charge in [0.25, 0.3) is 0 Å². The summed E-state index contributed by atoms with van der Waals surface area (Å²) in [4.78, 5) is 16.2. The molecular weight excluding hydrogens is 264 g/mol. The van der Waals surface area contributed by atoms with Gasteiger partial charge in [-0.25, -0.2) is 5.06 Å². The van der Waals surface area contributed by atoms with E-state index >= 15 is 0 Å². The maximum Gasteiger partial charge on any atom is 0.233 e. The number of carbonyl (C=O) groups is 1. The zero-order valence-electron chi connectivity index (χ0n) is 12.8. The third-order valence-electron chi connectivity index (χ3n) is 1.97. The van der Waals surface area contributed by atoms with Gasteiger partial charge in [-0.05, 0) is 20.8 Å². The van der Waals surface area contributed by atoms with Gasteiger partial charge in [-0.15, -0.1) is 0 Å². The van der Waals surface area contributed by atoms with Crippen molar-refractivity contribution in [1.82, 2.24) is 5.06 Å². The number of hydroxylamine groups is 2. The van der Waals surface area contributed by atoms with Crippen LogP contribution in [0.3, 0.4) is 0 Å². The minimum Gasteiger partial charge on any atom is -0.378 e. The van der Waals surface area contributed by atoms with E-state index in [9.17, 15) is 4.79 Å². The quantitative estimate of drug-likeness (QED) is 0.296. The van der Waals surface area contributed by atoms with Crippen molar-refractivity contribution in [3.63, 3.8) is 0 Å². The van der Waals surface area contributed by atoms with Crippen molar-refractivity contribution in [2.45, 2.75) is 26.4 Å². The van der Waals surface area contributed by atoms with Crippen LogP contribution in [-0.4, -0.2) is 69.8 Å². The van der Waals surface area contributed by atoms with Crippen molar-refractivity contribution in [1.29, 1.82) is 0 Å². The second-order valence-corrected chi connectivity index (χ2v) is 5.08. The number of carbonyl (C=O) groups excluding carboxylic acids is 1. The summed E-state index contributed by atoms with van der Waals surface area (Å²) < 4.78 is 15.8. The fourth-order valence-corrected chi connectivity index (χ4v) is 1.25. The van der Waals surface area contributed by atoms with E-state index in [1.807, 2.05) is 20.8 Å². The van der Waals surface area contributed by atoms with Crippen LogP contribution in [0.4, 0.5) is 0 Å². The molecule has 0 radical (unpaired) electrons. The molecule has 7 heteroatoms. The maximum atomic E-state index is 10.8. The number of nitrogens with zero attached hydrogens (tertiary/aromatic N) is 1. The molecule has 1 amide bonds. The van der Waals surface area contributed by atoms with Gasteiger partial charge in [0.1, 0.15) is 0 Å². The summed E-state index contributed by atoms with van der Waals surface area (Å²) in [6, 6.07) is 0. The summed E-state index contributed by atoms with van der Waals surface area (Å²) in [5.41, 5.74) is 4.88. The van der Waals surface area contributed by atoms with Gasteiger partial charge in [-0.3, -0.25) is 9.63 Å². The standard InChI is InChI=1S/C13H28N2O5/c1-13(2,3)20-15(12-16)5-7-18-9-11-19-10-8-17-6-4-14/h12H,4-11,14H2,1-3H3. The van der Waals surface area contributed by atoms with E-state index in [-0.39, 0.29) is 0 Å². The summed E-state index contributed by atoms with van der Waals surface area (Å²) in [6.45, 7) is 9.53.